The number of anilines is 2. The highest BCUT2D eigenvalue weighted by molar-refractivity contribution is 5.72. The molecule has 0 atom stereocenters. The Hall–Kier alpha value is -2.17. The number of aryl methyl sites for hydroxylation is 1. The Kier molecular flexibility index (Phi) is 3.72. The van der Waals surface area contributed by atoms with Crippen molar-refractivity contribution in [3.63, 3.8) is 0 Å². The second kappa shape index (κ2) is 5.44. The SMILES string of the molecule is CCOc1cccc(NCc2nccn2C)c1N. The van der Waals surface area contributed by atoms with Gasteiger partial charge in [-0.3, -0.25) is 0 Å². The van der Waals surface area contributed by atoms with E-state index >= 15 is 0 Å². The monoisotopic (exact) mass is 246 g/mol. The Morgan fingerprint density at radius 1 is 1.44 bits per heavy atom. The molecule has 1 heterocycles. The molecular formula is C13H18N4O. The molecule has 18 heavy (non-hydrogen) atoms. The van der Waals surface area contributed by atoms with Crippen molar-refractivity contribution in [3.05, 3.63) is 36.4 Å². The van der Waals surface area contributed by atoms with Crippen LogP contribution >= 0.6 is 0 Å². The minimum atomic E-state index is 0.604. The van der Waals surface area contributed by atoms with Crippen LogP contribution in [-0.4, -0.2) is 16.2 Å². The molecule has 0 amide bonds. The Balaban J connectivity index is 2.10. The van der Waals surface area contributed by atoms with Crippen LogP contribution in [0.1, 0.15) is 12.7 Å². The van der Waals surface area contributed by atoms with E-state index in [1.54, 1.807) is 6.20 Å². The highest BCUT2D eigenvalue weighted by atomic mass is 16.5. The predicted octanol–water partition coefficient (Wildman–Crippen LogP) is 2.01. The summed E-state index contributed by atoms with van der Waals surface area (Å²) < 4.78 is 7.42. The van der Waals surface area contributed by atoms with Crippen LogP contribution in [-0.2, 0) is 13.6 Å². The van der Waals surface area contributed by atoms with E-state index < -0.39 is 0 Å². The third-order valence-corrected chi connectivity index (χ3v) is 2.72. The van der Waals surface area contributed by atoms with Gasteiger partial charge in [0.15, 0.2) is 0 Å². The van der Waals surface area contributed by atoms with Gasteiger partial charge in [0, 0.05) is 19.4 Å². The van der Waals surface area contributed by atoms with Crippen LogP contribution in [0.2, 0.25) is 0 Å². The van der Waals surface area contributed by atoms with Crippen molar-refractivity contribution in [2.24, 2.45) is 7.05 Å². The maximum atomic E-state index is 6.03. The summed E-state index contributed by atoms with van der Waals surface area (Å²) in [5.74, 6) is 1.67. The summed E-state index contributed by atoms with van der Waals surface area (Å²) in [4.78, 5) is 4.25. The molecule has 0 unspecified atom stereocenters. The van der Waals surface area contributed by atoms with E-state index in [0.29, 0.717) is 24.6 Å². The van der Waals surface area contributed by atoms with Gasteiger partial charge >= 0.3 is 0 Å². The van der Waals surface area contributed by atoms with Crippen molar-refractivity contribution in [1.29, 1.82) is 0 Å². The van der Waals surface area contributed by atoms with Crippen molar-refractivity contribution in [3.8, 4) is 5.75 Å². The number of nitrogens with one attached hydrogen (secondary N) is 1. The van der Waals surface area contributed by atoms with Gasteiger partial charge in [-0.1, -0.05) is 6.07 Å². The van der Waals surface area contributed by atoms with Gasteiger partial charge in [0.05, 0.1) is 24.5 Å². The van der Waals surface area contributed by atoms with E-state index in [2.05, 4.69) is 10.3 Å². The van der Waals surface area contributed by atoms with Crippen LogP contribution in [0.4, 0.5) is 11.4 Å². The van der Waals surface area contributed by atoms with Crippen LogP contribution in [0.3, 0.4) is 0 Å². The van der Waals surface area contributed by atoms with E-state index in [4.69, 9.17) is 10.5 Å². The number of ether oxygens (including phenoxy) is 1. The molecule has 1 aromatic heterocycles. The zero-order valence-corrected chi connectivity index (χ0v) is 10.7. The number of nitrogens with two attached hydrogens (primary N) is 1. The molecule has 0 fully saturated rings. The number of nitrogens with zero attached hydrogens (tertiary/aromatic N) is 2. The first-order chi connectivity index (χ1) is 8.72. The molecule has 0 bridgehead atoms. The first kappa shape index (κ1) is 12.3. The van der Waals surface area contributed by atoms with Gasteiger partial charge in [-0.05, 0) is 19.1 Å². The third-order valence-electron chi connectivity index (χ3n) is 2.72. The second-order valence-corrected chi connectivity index (χ2v) is 3.96. The van der Waals surface area contributed by atoms with Gasteiger partial charge in [-0.2, -0.15) is 0 Å². The minimum absolute atomic E-state index is 0.604. The average molecular weight is 246 g/mol. The molecule has 0 saturated carbocycles. The van der Waals surface area contributed by atoms with Crippen LogP contribution in [0.5, 0.6) is 5.75 Å². The Morgan fingerprint density at radius 2 is 2.28 bits per heavy atom. The average Bonchev–Trinajstić information content (AvgIpc) is 2.76. The molecule has 2 aromatic rings. The molecule has 0 saturated heterocycles. The number of benzene rings is 1. The van der Waals surface area contributed by atoms with Crippen molar-refractivity contribution >= 4 is 11.4 Å². The van der Waals surface area contributed by atoms with Crippen molar-refractivity contribution in [1.82, 2.24) is 9.55 Å². The largest absolute Gasteiger partial charge is 0.492 e. The summed E-state index contributed by atoms with van der Waals surface area (Å²) >= 11 is 0. The van der Waals surface area contributed by atoms with Gasteiger partial charge in [0.25, 0.3) is 0 Å². The standard InChI is InChI=1S/C13H18N4O/c1-3-18-11-6-4-5-10(13(11)14)16-9-12-15-7-8-17(12)2/h4-8,16H,3,9,14H2,1-2H3. The van der Waals surface area contributed by atoms with E-state index in [9.17, 15) is 0 Å². The molecular weight excluding hydrogens is 228 g/mol. The van der Waals surface area contributed by atoms with Crippen LogP contribution in [0.15, 0.2) is 30.6 Å². The van der Waals surface area contributed by atoms with Gasteiger partial charge in [-0.25, -0.2) is 4.98 Å². The normalized spacial score (nSPS) is 10.3. The summed E-state index contributed by atoms with van der Waals surface area (Å²) in [5.41, 5.74) is 7.53. The molecule has 0 aliphatic rings. The number of hydrogen-bond acceptors (Lipinski definition) is 4. The van der Waals surface area contributed by atoms with Crippen LogP contribution in [0.25, 0.3) is 0 Å². The minimum Gasteiger partial charge on any atom is -0.492 e. The summed E-state index contributed by atoms with van der Waals surface area (Å²) in [6.07, 6.45) is 3.69. The van der Waals surface area contributed by atoms with E-state index in [0.717, 1.165) is 11.5 Å². The maximum absolute atomic E-state index is 6.03. The van der Waals surface area contributed by atoms with Gasteiger partial charge in [0.2, 0.25) is 0 Å². The lowest BCUT2D eigenvalue weighted by atomic mass is 10.2. The summed E-state index contributed by atoms with van der Waals surface area (Å²) in [5, 5.41) is 3.27. The molecule has 0 aliphatic carbocycles. The summed E-state index contributed by atoms with van der Waals surface area (Å²) in [6.45, 7) is 3.17. The number of imidazole rings is 1. The molecule has 5 heteroatoms. The third kappa shape index (κ3) is 2.56. The van der Waals surface area contributed by atoms with Crippen molar-refractivity contribution < 1.29 is 4.74 Å². The van der Waals surface area contributed by atoms with Crippen molar-refractivity contribution in [2.45, 2.75) is 13.5 Å². The zero-order chi connectivity index (χ0) is 13.0. The lowest BCUT2D eigenvalue weighted by molar-refractivity contribution is 0.342. The lowest BCUT2D eigenvalue weighted by Gasteiger charge is -2.13. The number of aromatic nitrogens is 2. The molecule has 5 nitrogen and oxygen atoms in total. The summed E-state index contributed by atoms with van der Waals surface area (Å²) in [6, 6.07) is 5.72. The first-order valence-electron chi connectivity index (χ1n) is 5.93. The first-order valence-corrected chi connectivity index (χ1v) is 5.93. The van der Waals surface area contributed by atoms with E-state index in [-0.39, 0.29) is 0 Å². The number of nitrogen functional groups attached to an aromatic ring is 1. The highest BCUT2D eigenvalue weighted by Crippen LogP contribution is 2.29. The Labute approximate surface area is 107 Å². The zero-order valence-electron chi connectivity index (χ0n) is 10.7. The van der Waals surface area contributed by atoms with Crippen molar-refractivity contribution in [2.75, 3.05) is 17.7 Å². The maximum Gasteiger partial charge on any atom is 0.144 e. The fraction of sp³-hybridized carbons (Fsp3) is 0.308. The Bertz CT molecular complexity index is 521. The van der Waals surface area contributed by atoms with Gasteiger partial charge in [0.1, 0.15) is 11.6 Å². The molecule has 0 spiro atoms. The molecule has 2 rings (SSSR count). The molecule has 0 radical (unpaired) electrons. The highest BCUT2D eigenvalue weighted by Gasteiger charge is 2.06. The fourth-order valence-electron chi connectivity index (χ4n) is 1.72. The Morgan fingerprint density at radius 3 is 2.94 bits per heavy atom. The number of para-hydroxylation sites is 1. The van der Waals surface area contributed by atoms with Crippen LogP contribution < -0.4 is 15.8 Å². The predicted molar refractivity (Wildman–Crippen MR) is 72.6 cm³/mol. The molecule has 96 valence electrons. The topological polar surface area (TPSA) is 65.1 Å². The quantitative estimate of drug-likeness (QED) is 0.792. The lowest BCUT2D eigenvalue weighted by Crippen LogP contribution is -2.08. The molecule has 3 N–H and O–H groups in total. The number of rotatable bonds is 5. The molecule has 1 aromatic carbocycles. The van der Waals surface area contributed by atoms with Crippen LogP contribution in [0, 0.1) is 0 Å². The van der Waals surface area contributed by atoms with Gasteiger partial charge in [-0.15, -0.1) is 0 Å². The smallest absolute Gasteiger partial charge is 0.144 e. The number of hydrogen-bond donors (Lipinski definition) is 2. The van der Waals surface area contributed by atoms with E-state index in [1.807, 2.05) is 42.9 Å². The molecule has 0 aliphatic heterocycles. The van der Waals surface area contributed by atoms with Gasteiger partial charge < -0.3 is 20.4 Å². The fourth-order valence-corrected chi connectivity index (χ4v) is 1.72. The van der Waals surface area contributed by atoms with E-state index in [1.165, 1.54) is 0 Å². The second-order valence-electron chi connectivity index (χ2n) is 3.96. The summed E-state index contributed by atoms with van der Waals surface area (Å²) in [7, 11) is 1.96.